The maximum Gasteiger partial charge on any atom is 0.415 e. The third-order valence-corrected chi connectivity index (χ3v) is 2.21. The molecular weight excluding hydrogens is 222 g/mol. The van der Waals surface area contributed by atoms with Crippen molar-refractivity contribution in [2.45, 2.75) is 19.4 Å². The lowest BCUT2D eigenvalue weighted by Crippen LogP contribution is -2.39. The number of aliphatic hydroxyl groups is 1. The van der Waals surface area contributed by atoms with Crippen LogP contribution in [0.4, 0.5) is 0 Å². The van der Waals surface area contributed by atoms with Crippen molar-refractivity contribution < 1.29 is 24.6 Å². The van der Waals surface area contributed by atoms with Crippen LogP contribution in [0.5, 0.6) is 0 Å². The molecule has 0 amide bonds. The lowest BCUT2D eigenvalue weighted by atomic mass is 10.1. The van der Waals surface area contributed by atoms with Crippen molar-refractivity contribution in [1.29, 1.82) is 0 Å². The number of carboxylic acids is 1. The molecule has 0 aliphatic rings. The largest absolute Gasteiger partial charge is 0.478 e. The molecule has 0 saturated carbocycles. The van der Waals surface area contributed by atoms with Crippen molar-refractivity contribution in [3.8, 4) is 0 Å². The Labute approximate surface area is 99.5 Å². The van der Waals surface area contributed by atoms with Gasteiger partial charge < -0.3 is 10.2 Å². The molecule has 1 aromatic rings. The fourth-order valence-corrected chi connectivity index (χ4v) is 1.19. The van der Waals surface area contributed by atoms with E-state index in [0.29, 0.717) is 5.56 Å². The van der Waals surface area contributed by atoms with Crippen LogP contribution in [0.25, 0.3) is 0 Å². The van der Waals surface area contributed by atoms with Crippen molar-refractivity contribution in [2.24, 2.45) is 0 Å². The van der Waals surface area contributed by atoms with Crippen molar-refractivity contribution in [1.82, 2.24) is 0 Å². The Morgan fingerprint density at radius 1 is 1.24 bits per heavy atom. The average molecular weight is 238 g/mol. The molecule has 5 nitrogen and oxygen atoms in total. The molecule has 0 fully saturated rings. The van der Waals surface area contributed by atoms with Gasteiger partial charge in [0.05, 0.1) is 5.56 Å². The van der Waals surface area contributed by atoms with E-state index in [9.17, 15) is 9.90 Å². The summed E-state index contributed by atoms with van der Waals surface area (Å²) in [6.07, 6.45) is 0. The Morgan fingerprint density at radius 2 is 1.76 bits per heavy atom. The number of hydroxylamine groups is 1. The second-order valence-electron chi connectivity index (χ2n) is 4.09. The van der Waals surface area contributed by atoms with E-state index < -0.39 is 11.6 Å². The van der Waals surface area contributed by atoms with E-state index in [2.05, 4.69) is 0 Å². The van der Waals surface area contributed by atoms with Gasteiger partial charge in [-0.25, -0.2) is 4.79 Å². The van der Waals surface area contributed by atoms with Gasteiger partial charge in [-0.2, -0.15) is 0 Å². The van der Waals surface area contributed by atoms with Gasteiger partial charge in [0.15, 0.2) is 7.05 Å². The molecule has 0 heterocycles. The van der Waals surface area contributed by atoms with Gasteiger partial charge in [-0.15, -0.1) is 0 Å². The van der Waals surface area contributed by atoms with Crippen LogP contribution in [-0.2, 0) is 9.63 Å². The van der Waals surface area contributed by atoms with Gasteiger partial charge in [0, 0.05) is 4.74 Å². The first-order valence-corrected chi connectivity index (χ1v) is 5.12. The first-order valence-electron chi connectivity index (χ1n) is 5.12. The van der Waals surface area contributed by atoms with Gasteiger partial charge in [0.25, 0.3) is 5.60 Å². The molecule has 92 valence electrons. The summed E-state index contributed by atoms with van der Waals surface area (Å²) in [5, 5.41) is 18.8. The topological polar surface area (TPSA) is 69.8 Å². The molecule has 0 spiro atoms. The van der Waals surface area contributed by atoms with Gasteiger partial charge >= 0.3 is 11.9 Å². The molecule has 0 saturated heterocycles. The van der Waals surface area contributed by atoms with Crippen LogP contribution in [-0.4, -0.2) is 39.5 Å². The molecule has 0 aliphatic heterocycles. The molecule has 0 aromatic heterocycles. The van der Waals surface area contributed by atoms with Crippen LogP contribution in [0.2, 0.25) is 0 Å². The molecule has 17 heavy (non-hydrogen) atoms. The van der Waals surface area contributed by atoms with Crippen molar-refractivity contribution in [3.05, 3.63) is 35.9 Å². The predicted molar refractivity (Wildman–Crippen MR) is 62.2 cm³/mol. The maximum absolute atomic E-state index is 10.9. The van der Waals surface area contributed by atoms with Crippen molar-refractivity contribution in [3.63, 3.8) is 0 Å². The number of carbonyl (C=O) groups is 1. The lowest BCUT2D eigenvalue weighted by molar-refractivity contribution is -0.788. The molecule has 0 bridgehead atoms. The Hall–Kier alpha value is -2.04. The number of benzene rings is 1. The minimum absolute atomic E-state index is 0.139. The number of hydrogen-bond donors (Lipinski definition) is 2. The summed E-state index contributed by atoms with van der Waals surface area (Å²) in [6.45, 7) is 2.81. The SMILES string of the molecule is C/[N+](OC(C)(C)C(=O)O)=C(\O)c1ccccc1. The normalized spacial score (nSPS) is 12.9. The van der Waals surface area contributed by atoms with E-state index in [-0.39, 0.29) is 5.90 Å². The number of aliphatic hydroxyl groups excluding tert-OH is 1. The van der Waals surface area contributed by atoms with Crippen LogP contribution in [0.1, 0.15) is 19.4 Å². The molecule has 0 atom stereocenters. The third-order valence-electron chi connectivity index (χ3n) is 2.21. The quantitative estimate of drug-likeness (QED) is 0.360. The molecule has 1 rings (SSSR count). The van der Waals surface area contributed by atoms with Gasteiger partial charge in [0.2, 0.25) is 0 Å². The molecular formula is C12H16NO4+. The Balaban J connectivity index is 2.96. The van der Waals surface area contributed by atoms with E-state index in [1.165, 1.54) is 20.9 Å². The third kappa shape index (κ3) is 3.21. The van der Waals surface area contributed by atoms with E-state index in [4.69, 9.17) is 9.94 Å². The minimum atomic E-state index is -1.41. The number of hydrogen-bond acceptors (Lipinski definition) is 2. The highest BCUT2D eigenvalue weighted by molar-refractivity contribution is 5.88. The summed E-state index contributed by atoms with van der Waals surface area (Å²) in [6, 6.07) is 8.74. The van der Waals surface area contributed by atoms with Crippen LogP contribution in [0.15, 0.2) is 30.3 Å². The average Bonchev–Trinajstić information content (AvgIpc) is 2.28. The van der Waals surface area contributed by atoms with Crippen LogP contribution < -0.4 is 0 Å². The van der Waals surface area contributed by atoms with E-state index in [0.717, 1.165) is 4.74 Å². The van der Waals surface area contributed by atoms with Gasteiger partial charge in [-0.05, 0) is 26.0 Å². The minimum Gasteiger partial charge on any atom is -0.478 e. The smallest absolute Gasteiger partial charge is 0.415 e. The first-order chi connectivity index (χ1) is 7.84. The molecule has 1 aromatic carbocycles. The highest BCUT2D eigenvalue weighted by Gasteiger charge is 2.35. The Kier molecular flexibility index (Phi) is 3.73. The lowest BCUT2D eigenvalue weighted by Gasteiger charge is -2.15. The molecule has 2 N–H and O–H groups in total. The number of aliphatic carboxylic acids is 1. The molecule has 0 radical (unpaired) electrons. The summed E-state index contributed by atoms with van der Waals surface area (Å²) >= 11 is 0. The molecule has 0 unspecified atom stereocenters. The summed E-state index contributed by atoms with van der Waals surface area (Å²) in [4.78, 5) is 16.0. The zero-order chi connectivity index (χ0) is 13.1. The van der Waals surface area contributed by atoms with E-state index in [1.54, 1.807) is 24.3 Å². The zero-order valence-electron chi connectivity index (χ0n) is 10.0. The number of nitrogens with zero attached hydrogens (tertiary/aromatic N) is 1. The van der Waals surface area contributed by atoms with E-state index >= 15 is 0 Å². The van der Waals surface area contributed by atoms with Crippen LogP contribution >= 0.6 is 0 Å². The van der Waals surface area contributed by atoms with Crippen molar-refractivity contribution >= 4 is 11.9 Å². The van der Waals surface area contributed by atoms with Crippen LogP contribution in [0.3, 0.4) is 0 Å². The van der Waals surface area contributed by atoms with Gasteiger partial charge in [-0.1, -0.05) is 18.2 Å². The highest BCUT2D eigenvalue weighted by atomic mass is 16.7. The van der Waals surface area contributed by atoms with Crippen LogP contribution in [0, 0.1) is 0 Å². The maximum atomic E-state index is 10.9. The highest BCUT2D eigenvalue weighted by Crippen LogP contribution is 2.10. The Morgan fingerprint density at radius 3 is 2.24 bits per heavy atom. The molecule has 5 heteroatoms. The second-order valence-corrected chi connectivity index (χ2v) is 4.09. The summed E-state index contributed by atoms with van der Waals surface area (Å²) in [7, 11) is 1.45. The predicted octanol–water partition coefficient (Wildman–Crippen LogP) is 1.43. The number of rotatable bonds is 4. The Bertz CT molecular complexity index is 437. The van der Waals surface area contributed by atoms with Crippen molar-refractivity contribution in [2.75, 3.05) is 7.05 Å². The van der Waals surface area contributed by atoms with E-state index in [1.807, 2.05) is 6.07 Å². The zero-order valence-corrected chi connectivity index (χ0v) is 10.0. The van der Waals surface area contributed by atoms with Gasteiger partial charge in [-0.3, -0.25) is 4.84 Å². The summed E-state index contributed by atoms with van der Waals surface area (Å²) in [5.74, 6) is -1.25. The molecule has 0 aliphatic carbocycles. The number of carboxylic acid groups (broad SMARTS) is 1. The first kappa shape index (κ1) is 13.0. The fraction of sp³-hybridized carbons (Fsp3) is 0.333. The monoisotopic (exact) mass is 238 g/mol. The van der Waals surface area contributed by atoms with Gasteiger partial charge in [0.1, 0.15) is 0 Å². The summed E-state index contributed by atoms with van der Waals surface area (Å²) < 4.78 is 1.05. The standard InChI is InChI=1S/C12H15NO4/c1-12(2,11(15)16)17-13(3)10(14)9-7-5-4-6-8-9/h4-8H,1-3H3,(H,15,16)/p+1. The fourth-order valence-electron chi connectivity index (χ4n) is 1.19. The summed E-state index contributed by atoms with van der Waals surface area (Å²) in [5.41, 5.74) is -0.853. The second kappa shape index (κ2) is 4.86.